The Balaban J connectivity index is 0.000000125. The van der Waals surface area contributed by atoms with E-state index >= 15 is 0 Å². The van der Waals surface area contributed by atoms with Gasteiger partial charge in [-0.25, -0.2) is 0 Å². The fraction of sp³-hybridized carbons (Fsp3) is 1.00. The number of hydrogen-bond donors (Lipinski definition) is 0. The number of ether oxygens (including phenoxy) is 8. The highest BCUT2D eigenvalue weighted by Crippen LogP contribution is 2.45. The van der Waals surface area contributed by atoms with Gasteiger partial charge in [0.05, 0.1) is 50.8 Å². The number of hydrogen-bond acceptors (Lipinski definition) is 8. The highest BCUT2D eigenvalue weighted by molar-refractivity contribution is 4.92. The molecule has 8 nitrogen and oxygen atoms in total. The largest absolute Gasteiger partial charge is 0.350 e. The van der Waals surface area contributed by atoms with Crippen molar-refractivity contribution in [3.63, 3.8) is 0 Å². The molecule has 48 heavy (non-hydrogen) atoms. The van der Waals surface area contributed by atoms with E-state index in [1.807, 2.05) is 55.4 Å². The van der Waals surface area contributed by atoms with Gasteiger partial charge in [0.2, 0.25) is 0 Å². The van der Waals surface area contributed by atoms with Crippen LogP contribution in [0.5, 0.6) is 0 Å². The van der Waals surface area contributed by atoms with E-state index in [1.165, 1.54) is 116 Å². The van der Waals surface area contributed by atoms with Crippen LogP contribution in [0, 0.1) is 10.8 Å². The van der Waals surface area contributed by atoms with Gasteiger partial charge >= 0.3 is 0 Å². The van der Waals surface area contributed by atoms with E-state index in [0.717, 1.165) is 39.6 Å². The Bertz CT molecular complexity index is 971. The van der Waals surface area contributed by atoms with Crippen LogP contribution in [0.25, 0.3) is 0 Å². The van der Waals surface area contributed by atoms with Gasteiger partial charge in [-0.15, -0.1) is 0 Å². The molecule has 4 saturated carbocycles. The molecule has 8 rings (SSSR count). The van der Waals surface area contributed by atoms with E-state index in [0.29, 0.717) is 10.8 Å². The summed E-state index contributed by atoms with van der Waals surface area (Å²) in [5.74, 6) is -1.35. The Hall–Kier alpha value is -0.320. The van der Waals surface area contributed by atoms with Crippen LogP contribution >= 0.6 is 0 Å². The second-order valence-corrected chi connectivity index (χ2v) is 18.4. The van der Waals surface area contributed by atoms with Gasteiger partial charge in [0, 0.05) is 10.8 Å². The van der Waals surface area contributed by atoms with Crippen LogP contribution < -0.4 is 0 Å². The first-order chi connectivity index (χ1) is 22.5. The Morgan fingerprint density at radius 3 is 0.812 bits per heavy atom. The molecular formula is C40H72O8. The molecule has 8 aliphatic rings. The van der Waals surface area contributed by atoms with E-state index in [2.05, 4.69) is 0 Å². The minimum absolute atomic E-state index is 0.0851. The summed E-state index contributed by atoms with van der Waals surface area (Å²) in [6.45, 7) is 21.2. The Kier molecular flexibility index (Phi) is 12.4. The molecule has 8 heteroatoms. The first-order valence-corrected chi connectivity index (χ1v) is 19.7. The summed E-state index contributed by atoms with van der Waals surface area (Å²) in [4.78, 5) is 0. The lowest BCUT2D eigenvalue weighted by Crippen LogP contribution is -2.47. The van der Waals surface area contributed by atoms with Gasteiger partial charge in [0.1, 0.15) is 0 Å². The van der Waals surface area contributed by atoms with Crippen molar-refractivity contribution in [2.45, 2.75) is 205 Å². The quantitative estimate of drug-likeness (QED) is 0.251. The topological polar surface area (TPSA) is 73.8 Å². The van der Waals surface area contributed by atoms with Crippen LogP contribution in [0.3, 0.4) is 0 Å². The monoisotopic (exact) mass is 681 g/mol. The third-order valence-corrected chi connectivity index (χ3v) is 12.1. The molecule has 4 spiro atoms. The Labute approximate surface area is 293 Å². The van der Waals surface area contributed by atoms with Crippen LogP contribution in [-0.2, 0) is 37.9 Å². The maximum Gasteiger partial charge on any atom is 0.163 e. The fourth-order valence-corrected chi connectivity index (χ4v) is 8.96. The fourth-order valence-electron chi connectivity index (χ4n) is 8.96. The highest BCUT2D eigenvalue weighted by atomic mass is 16.8. The second-order valence-electron chi connectivity index (χ2n) is 18.4. The average Bonchev–Trinajstić information content (AvgIpc) is 3.83. The third-order valence-electron chi connectivity index (χ3n) is 12.1. The standard InChI is InChI=1S/C11H20O2.2C10H18O2.C9H16O2/c1-10(2)12-8-11(9-13-10)6-4-3-5-7-11;1-9(2)11-7-10(8-12-9)5-3-4-6-10;1-9(2)11-8-10(12-9)6-4-3-5-7-10;1-8(2)10-7-9(11-8)5-3-4-6-9/h3-9H2,1-2H3;2*3-8H2,1-2H3;3-7H2,1-2H3. The van der Waals surface area contributed by atoms with Crippen molar-refractivity contribution in [2.24, 2.45) is 10.8 Å². The molecule has 4 saturated heterocycles. The summed E-state index contributed by atoms with van der Waals surface area (Å²) >= 11 is 0. The summed E-state index contributed by atoms with van der Waals surface area (Å²) in [6, 6.07) is 0. The van der Waals surface area contributed by atoms with Crippen molar-refractivity contribution >= 4 is 0 Å². The van der Waals surface area contributed by atoms with Gasteiger partial charge in [0.15, 0.2) is 23.1 Å². The van der Waals surface area contributed by atoms with Gasteiger partial charge in [-0.2, -0.15) is 0 Å². The van der Waals surface area contributed by atoms with Crippen molar-refractivity contribution in [1.82, 2.24) is 0 Å². The van der Waals surface area contributed by atoms with Gasteiger partial charge < -0.3 is 37.9 Å². The molecule has 0 bridgehead atoms. The predicted octanol–water partition coefficient (Wildman–Crippen LogP) is 9.60. The molecule has 4 aliphatic carbocycles. The van der Waals surface area contributed by atoms with Crippen LogP contribution in [0.2, 0.25) is 0 Å². The summed E-state index contributed by atoms with van der Waals surface area (Å²) < 4.78 is 45.8. The van der Waals surface area contributed by atoms with E-state index in [4.69, 9.17) is 37.9 Å². The Morgan fingerprint density at radius 2 is 0.521 bits per heavy atom. The summed E-state index contributed by atoms with van der Waals surface area (Å²) in [7, 11) is 0. The van der Waals surface area contributed by atoms with Crippen LogP contribution in [0.15, 0.2) is 0 Å². The number of rotatable bonds is 0. The lowest BCUT2D eigenvalue weighted by atomic mass is 9.75. The maximum absolute atomic E-state index is 5.96. The zero-order chi connectivity index (χ0) is 34.6. The minimum atomic E-state index is -0.345. The van der Waals surface area contributed by atoms with Crippen molar-refractivity contribution in [1.29, 1.82) is 0 Å². The van der Waals surface area contributed by atoms with Crippen molar-refractivity contribution in [2.75, 3.05) is 39.6 Å². The molecule has 0 aromatic heterocycles. The van der Waals surface area contributed by atoms with E-state index < -0.39 is 0 Å². The van der Waals surface area contributed by atoms with E-state index in [1.54, 1.807) is 0 Å². The molecule has 0 amide bonds. The molecule has 0 aromatic rings. The molecule has 8 fully saturated rings. The summed E-state index contributed by atoms with van der Waals surface area (Å²) in [5, 5.41) is 0. The van der Waals surface area contributed by atoms with Crippen molar-refractivity contribution in [3.05, 3.63) is 0 Å². The summed E-state index contributed by atoms with van der Waals surface area (Å²) in [5.41, 5.74) is 0.939. The third kappa shape index (κ3) is 10.8. The first-order valence-electron chi connectivity index (χ1n) is 19.7. The molecule has 0 N–H and O–H groups in total. The highest BCUT2D eigenvalue weighted by Gasteiger charge is 2.47. The predicted molar refractivity (Wildman–Crippen MR) is 188 cm³/mol. The van der Waals surface area contributed by atoms with Crippen molar-refractivity contribution < 1.29 is 37.9 Å². The molecule has 0 radical (unpaired) electrons. The van der Waals surface area contributed by atoms with Gasteiger partial charge in [0.25, 0.3) is 0 Å². The zero-order valence-electron chi connectivity index (χ0n) is 32.2. The van der Waals surface area contributed by atoms with E-state index in [9.17, 15) is 0 Å². The molecule has 4 aliphatic heterocycles. The Morgan fingerprint density at radius 1 is 0.271 bits per heavy atom. The van der Waals surface area contributed by atoms with Gasteiger partial charge in [-0.1, -0.05) is 64.2 Å². The molecular weight excluding hydrogens is 608 g/mol. The molecule has 0 atom stereocenters. The summed E-state index contributed by atoms with van der Waals surface area (Å²) in [6.07, 6.45) is 23.3. The normalized spacial score (nSPS) is 32.5. The molecule has 0 unspecified atom stereocenters. The van der Waals surface area contributed by atoms with Gasteiger partial charge in [-0.3, -0.25) is 0 Å². The lowest BCUT2D eigenvalue weighted by molar-refractivity contribution is -0.289. The second kappa shape index (κ2) is 15.3. The SMILES string of the molecule is CC1(C)OCC2(CCCC2)CO1.CC1(C)OCC2(CCCC2)O1.CC1(C)OCC2(CCCCC2)CO1.CC1(C)OCC2(CCCCC2)O1. The van der Waals surface area contributed by atoms with Gasteiger partial charge in [-0.05, 0) is 107 Å². The maximum atomic E-state index is 5.96. The molecule has 4 heterocycles. The van der Waals surface area contributed by atoms with E-state index in [-0.39, 0.29) is 34.4 Å². The van der Waals surface area contributed by atoms with Crippen LogP contribution in [-0.4, -0.2) is 74.0 Å². The smallest absolute Gasteiger partial charge is 0.163 e. The molecule has 0 aromatic carbocycles. The molecule has 280 valence electrons. The minimum Gasteiger partial charge on any atom is -0.350 e. The van der Waals surface area contributed by atoms with Crippen LogP contribution in [0.1, 0.15) is 171 Å². The van der Waals surface area contributed by atoms with Crippen LogP contribution in [0.4, 0.5) is 0 Å². The lowest BCUT2D eigenvalue weighted by Gasteiger charge is -2.45. The zero-order valence-corrected chi connectivity index (χ0v) is 32.2. The van der Waals surface area contributed by atoms with Crippen molar-refractivity contribution in [3.8, 4) is 0 Å². The average molecular weight is 681 g/mol. The first kappa shape index (κ1) is 38.9.